The molecule has 1 aromatic rings. The summed E-state index contributed by atoms with van der Waals surface area (Å²) >= 11 is 0. The Morgan fingerprint density at radius 1 is 1.30 bits per heavy atom. The zero-order valence-electron chi connectivity index (χ0n) is 12.1. The number of amides is 2. The van der Waals surface area contributed by atoms with E-state index in [1.165, 1.54) is 0 Å². The van der Waals surface area contributed by atoms with Crippen LogP contribution < -0.4 is 10.6 Å². The fourth-order valence-corrected chi connectivity index (χ4v) is 1.77. The van der Waals surface area contributed by atoms with E-state index in [1.807, 2.05) is 18.2 Å². The molecule has 1 aromatic carbocycles. The van der Waals surface area contributed by atoms with Gasteiger partial charge in [-0.15, -0.1) is 0 Å². The monoisotopic (exact) mass is 278 g/mol. The summed E-state index contributed by atoms with van der Waals surface area (Å²) in [5.74, 6) is -1.06. The number of carboxylic acids is 1. The molecule has 110 valence electrons. The number of hydrogen-bond acceptors (Lipinski definition) is 2. The van der Waals surface area contributed by atoms with E-state index in [-0.39, 0.29) is 12.6 Å². The molecule has 5 nitrogen and oxygen atoms in total. The third-order valence-corrected chi connectivity index (χ3v) is 3.16. The predicted molar refractivity (Wildman–Crippen MR) is 79.0 cm³/mol. The lowest BCUT2D eigenvalue weighted by Crippen LogP contribution is -2.35. The highest BCUT2D eigenvalue weighted by Gasteiger charge is 2.15. The first kappa shape index (κ1) is 16.0. The largest absolute Gasteiger partial charge is 0.481 e. The number of aliphatic carboxylic acids is 1. The first-order chi connectivity index (χ1) is 9.43. The summed E-state index contributed by atoms with van der Waals surface area (Å²) in [5, 5.41) is 14.2. The van der Waals surface area contributed by atoms with E-state index in [0.717, 1.165) is 5.56 Å². The lowest BCUT2D eigenvalue weighted by atomic mass is 10.0. The molecular weight excluding hydrogens is 256 g/mol. The number of rotatable bonds is 6. The van der Waals surface area contributed by atoms with E-state index in [2.05, 4.69) is 24.5 Å². The van der Waals surface area contributed by atoms with Crippen LogP contribution in [0.15, 0.2) is 24.3 Å². The van der Waals surface area contributed by atoms with Crippen molar-refractivity contribution in [3.63, 3.8) is 0 Å². The summed E-state index contributed by atoms with van der Waals surface area (Å²) in [6, 6.07) is 7.23. The summed E-state index contributed by atoms with van der Waals surface area (Å²) in [6.07, 6.45) is 0.485. The molecule has 0 heterocycles. The van der Waals surface area contributed by atoms with Gasteiger partial charge in [0.1, 0.15) is 0 Å². The van der Waals surface area contributed by atoms with Gasteiger partial charge in [0.05, 0.1) is 5.92 Å². The number of hydrogen-bond donors (Lipinski definition) is 3. The van der Waals surface area contributed by atoms with Crippen molar-refractivity contribution < 1.29 is 14.7 Å². The summed E-state index contributed by atoms with van der Waals surface area (Å²) in [7, 11) is 0. The Kier molecular flexibility index (Phi) is 6.03. The average Bonchev–Trinajstić information content (AvgIpc) is 2.39. The molecule has 0 aliphatic carbocycles. The normalized spacial score (nSPS) is 12.0. The van der Waals surface area contributed by atoms with Crippen LogP contribution in [0.25, 0.3) is 0 Å². The Morgan fingerprint density at radius 3 is 2.55 bits per heavy atom. The van der Waals surface area contributed by atoms with Crippen LogP contribution in [0.1, 0.15) is 38.7 Å². The van der Waals surface area contributed by atoms with E-state index < -0.39 is 11.9 Å². The van der Waals surface area contributed by atoms with Crippen molar-refractivity contribution in [3.8, 4) is 0 Å². The molecule has 20 heavy (non-hydrogen) atoms. The zero-order valence-corrected chi connectivity index (χ0v) is 12.1. The number of carbonyl (C=O) groups excluding carboxylic acids is 1. The molecular formula is C15H22N2O3. The number of benzene rings is 1. The van der Waals surface area contributed by atoms with Crippen molar-refractivity contribution in [2.24, 2.45) is 5.92 Å². The highest BCUT2D eigenvalue weighted by atomic mass is 16.4. The fraction of sp³-hybridized carbons (Fsp3) is 0.467. The van der Waals surface area contributed by atoms with Gasteiger partial charge in [-0.05, 0) is 30.0 Å². The van der Waals surface area contributed by atoms with E-state index in [9.17, 15) is 9.59 Å². The van der Waals surface area contributed by atoms with Crippen LogP contribution in [0, 0.1) is 5.92 Å². The summed E-state index contributed by atoms with van der Waals surface area (Å²) in [6.45, 7) is 6.07. The maximum Gasteiger partial charge on any atom is 0.319 e. The Hall–Kier alpha value is -2.04. The second kappa shape index (κ2) is 7.53. The number of nitrogens with one attached hydrogen (secondary N) is 2. The van der Waals surface area contributed by atoms with E-state index in [4.69, 9.17) is 5.11 Å². The third kappa shape index (κ3) is 4.91. The van der Waals surface area contributed by atoms with Gasteiger partial charge >= 0.3 is 12.0 Å². The Bertz CT molecular complexity index is 472. The first-order valence-corrected chi connectivity index (χ1v) is 6.81. The summed E-state index contributed by atoms with van der Waals surface area (Å²) in [4.78, 5) is 22.6. The maximum absolute atomic E-state index is 11.7. The SMILES string of the molecule is CCC(CNC(=O)Nc1cccc(C(C)C)c1)C(=O)O. The lowest BCUT2D eigenvalue weighted by Gasteiger charge is -2.13. The van der Waals surface area contributed by atoms with Crippen LogP contribution in [-0.4, -0.2) is 23.7 Å². The maximum atomic E-state index is 11.7. The fourth-order valence-electron chi connectivity index (χ4n) is 1.77. The van der Waals surface area contributed by atoms with Gasteiger partial charge in [-0.2, -0.15) is 0 Å². The second-order valence-corrected chi connectivity index (χ2v) is 5.06. The van der Waals surface area contributed by atoms with Gasteiger partial charge in [0, 0.05) is 12.2 Å². The van der Waals surface area contributed by atoms with Crippen molar-refractivity contribution in [2.75, 3.05) is 11.9 Å². The molecule has 0 saturated carbocycles. The van der Waals surface area contributed by atoms with Crippen molar-refractivity contribution >= 4 is 17.7 Å². The Labute approximate surface area is 119 Å². The minimum absolute atomic E-state index is 0.127. The van der Waals surface area contributed by atoms with Crippen molar-refractivity contribution in [1.82, 2.24) is 5.32 Å². The minimum atomic E-state index is -0.894. The molecule has 3 N–H and O–H groups in total. The van der Waals surface area contributed by atoms with Gasteiger partial charge in [0.2, 0.25) is 0 Å². The van der Waals surface area contributed by atoms with Gasteiger partial charge < -0.3 is 15.7 Å². The minimum Gasteiger partial charge on any atom is -0.481 e. The molecule has 0 saturated heterocycles. The Balaban J connectivity index is 2.54. The van der Waals surface area contributed by atoms with Crippen LogP contribution in [-0.2, 0) is 4.79 Å². The summed E-state index contributed by atoms with van der Waals surface area (Å²) < 4.78 is 0. The van der Waals surface area contributed by atoms with E-state index >= 15 is 0 Å². The van der Waals surface area contributed by atoms with Crippen molar-refractivity contribution in [3.05, 3.63) is 29.8 Å². The van der Waals surface area contributed by atoms with Crippen LogP contribution in [0.2, 0.25) is 0 Å². The van der Waals surface area contributed by atoms with Gasteiger partial charge in [-0.1, -0.05) is 32.9 Å². The second-order valence-electron chi connectivity index (χ2n) is 5.06. The molecule has 0 radical (unpaired) electrons. The molecule has 5 heteroatoms. The number of carbonyl (C=O) groups is 2. The first-order valence-electron chi connectivity index (χ1n) is 6.81. The standard InChI is InChI=1S/C15H22N2O3/c1-4-11(14(18)19)9-16-15(20)17-13-7-5-6-12(8-13)10(2)3/h5-8,10-11H,4,9H2,1-3H3,(H,18,19)(H2,16,17,20). The molecule has 1 unspecified atom stereocenters. The van der Waals surface area contributed by atoms with Gasteiger partial charge in [-0.3, -0.25) is 4.79 Å². The Morgan fingerprint density at radius 2 is 2.00 bits per heavy atom. The number of carboxylic acid groups (broad SMARTS) is 1. The van der Waals surface area contributed by atoms with Crippen LogP contribution in [0.5, 0.6) is 0 Å². The molecule has 0 bridgehead atoms. The molecule has 0 aromatic heterocycles. The van der Waals surface area contributed by atoms with E-state index in [0.29, 0.717) is 18.0 Å². The van der Waals surface area contributed by atoms with Crippen LogP contribution in [0.3, 0.4) is 0 Å². The predicted octanol–water partition coefficient (Wildman–Crippen LogP) is 3.04. The average molecular weight is 278 g/mol. The molecule has 0 aliphatic rings. The van der Waals surface area contributed by atoms with Crippen LogP contribution in [0.4, 0.5) is 10.5 Å². The highest BCUT2D eigenvalue weighted by Crippen LogP contribution is 2.18. The molecule has 1 rings (SSSR count). The molecule has 0 spiro atoms. The molecule has 0 aliphatic heterocycles. The van der Waals surface area contributed by atoms with Crippen molar-refractivity contribution in [1.29, 1.82) is 0 Å². The smallest absolute Gasteiger partial charge is 0.319 e. The number of anilines is 1. The quantitative estimate of drug-likeness (QED) is 0.748. The van der Waals surface area contributed by atoms with Gasteiger partial charge in [0.15, 0.2) is 0 Å². The molecule has 2 amide bonds. The lowest BCUT2D eigenvalue weighted by molar-refractivity contribution is -0.141. The van der Waals surface area contributed by atoms with Crippen molar-refractivity contribution in [2.45, 2.75) is 33.1 Å². The number of urea groups is 1. The van der Waals surface area contributed by atoms with E-state index in [1.54, 1.807) is 13.0 Å². The third-order valence-electron chi connectivity index (χ3n) is 3.16. The summed E-state index contributed by atoms with van der Waals surface area (Å²) in [5.41, 5.74) is 1.84. The topological polar surface area (TPSA) is 78.4 Å². The van der Waals surface area contributed by atoms with Crippen LogP contribution >= 0.6 is 0 Å². The van der Waals surface area contributed by atoms with Gasteiger partial charge in [-0.25, -0.2) is 4.79 Å². The molecule has 0 fully saturated rings. The zero-order chi connectivity index (χ0) is 15.1. The van der Waals surface area contributed by atoms with Gasteiger partial charge in [0.25, 0.3) is 0 Å². The highest BCUT2D eigenvalue weighted by molar-refractivity contribution is 5.89. The molecule has 1 atom stereocenters.